The third-order valence-corrected chi connectivity index (χ3v) is 3.29. The van der Waals surface area contributed by atoms with Crippen LogP contribution in [0.15, 0.2) is 54.7 Å². The van der Waals surface area contributed by atoms with E-state index >= 15 is 0 Å². The lowest BCUT2D eigenvalue weighted by molar-refractivity contribution is 0.0968. The Bertz CT molecular complexity index is 743. The second-order valence-corrected chi connectivity index (χ2v) is 4.60. The van der Waals surface area contributed by atoms with Gasteiger partial charge in [0.25, 0.3) is 0 Å². The Kier molecular flexibility index (Phi) is 2.88. The van der Waals surface area contributed by atoms with Crippen LogP contribution >= 0.6 is 0 Å². The van der Waals surface area contributed by atoms with E-state index in [1.54, 1.807) is 10.9 Å². The van der Waals surface area contributed by atoms with E-state index in [1.165, 1.54) is 0 Å². The van der Waals surface area contributed by atoms with Crippen molar-refractivity contribution in [2.24, 2.45) is 0 Å². The number of aryl methyl sites for hydroxylation is 1. The molecule has 0 saturated heterocycles. The van der Waals surface area contributed by atoms with E-state index < -0.39 is 0 Å². The highest BCUT2D eigenvalue weighted by Gasteiger charge is 2.11. The molecule has 3 rings (SSSR count). The van der Waals surface area contributed by atoms with Gasteiger partial charge in [-0.25, -0.2) is 0 Å². The topological polar surface area (TPSA) is 34.9 Å². The van der Waals surface area contributed by atoms with Gasteiger partial charge in [0, 0.05) is 10.9 Å². The maximum absolute atomic E-state index is 12.3. The van der Waals surface area contributed by atoms with Gasteiger partial charge >= 0.3 is 0 Å². The first-order valence-electron chi connectivity index (χ1n) is 6.25. The molecule has 3 heteroatoms. The number of hydrogen-bond donors (Lipinski definition) is 0. The molecule has 0 amide bonds. The maximum Gasteiger partial charge on any atom is 0.184 e. The Labute approximate surface area is 111 Å². The number of fused-ring (bicyclic) bond motifs is 1. The molecule has 0 aliphatic rings. The zero-order valence-corrected chi connectivity index (χ0v) is 10.7. The Hall–Kier alpha value is -2.42. The summed E-state index contributed by atoms with van der Waals surface area (Å²) in [5.74, 6) is 0.0898. The second kappa shape index (κ2) is 4.69. The van der Waals surface area contributed by atoms with Crippen LogP contribution in [0.1, 0.15) is 15.9 Å². The number of ketones is 1. The number of aromatic nitrogens is 2. The van der Waals surface area contributed by atoms with E-state index in [-0.39, 0.29) is 12.3 Å². The fraction of sp³-hybridized carbons (Fsp3) is 0.125. The number of para-hydroxylation sites is 1. The van der Waals surface area contributed by atoms with Crippen molar-refractivity contribution in [1.82, 2.24) is 9.78 Å². The number of hydrogen-bond acceptors (Lipinski definition) is 2. The van der Waals surface area contributed by atoms with Gasteiger partial charge in [-0.3, -0.25) is 9.48 Å². The standard InChI is InChI=1S/C16H14N2O/c1-12-6-2-4-8-14(12)16(19)11-18-15-9-5-3-7-13(15)10-17-18/h2-10H,11H2,1H3. The van der Waals surface area contributed by atoms with Crippen LogP contribution in [0.4, 0.5) is 0 Å². The lowest BCUT2D eigenvalue weighted by atomic mass is 10.1. The van der Waals surface area contributed by atoms with Gasteiger partial charge in [-0.2, -0.15) is 5.10 Å². The average Bonchev–Trinajstić information content (AvgIpc) is 2.83. The average molecular weight is 250 g/mol. The van der Waals surface area contributed by atoms with Crippen LogP contribution in [0, 0.1) is 6.92 Å². The molecule has 0 fully saturated rings. The molecule has 0 N–H and O–H groups in total. The van der Waals surface area contributed by atoms with Crippen molar-refractivity contribution in [2.45, 2.75) is 13.5 Å². The minimum atomic E-state index is 0.0898. The third kappa shape index (κ3) is 2.15. The zero-order valence-electron chi connectivity index (χ0n) is 10.7. The Morgan fingerprint density at radius 2 is 1.84 bits per heavy atom. The molecule has 2 aromatic carbocycles. The molecule has 1 aromatic heterocycles. The second-order valence-electron chi connectivity index (χ2n) is 4.60. The number of rotatable bonds is 3. The molecule has 1 heterocycles. The highest BCUT2D eigenvalue weighted by Crippen LogP contribution is 2.14. The van der Waals surface area contributed by atoms with Crippen molar-refractivity contribution < 1.29 is 4.79 Å². The lowest BCUT2D eigenvalue weighted by Gasteiger charge is -2.05. The molecule has 0 spiro atoms. The molecule has 0 radical (unpaired) electrons. The minimum absolute atomic E-state index is 0.0898. The Balaban J connectivity index is 1.94. The zero-order chi connectivity index (χ0) is 13.2. The summed E-state index contributed by atoms with van der Waals surface area (Å²) < 4.78 is 1.75. The number of Topliss-reactive ketones (excluding diaryl/α,β-unsaturated/α-hetero) is 1. The first-order valence-corrected chi connectivity index (χ1v) is 6.25. The fourth-order valence-corrected chi connectivity index (χ4v) is 2.26. The van der Waals surface area contributed by atoms with Gasteiger partial charge in [0.05, 0.1) is 11.7 Å². The monoisotopic (exact) mass is 250 g/mol. The van der Waals surface area contributed by atoms with Gasteiger partial charge in [0.2, 0.25) is 0 Å². The van der Waals surface area contributed by atoms with Crippen LogP contribution in [-0.2, 0) is 6.54 Å². The molecule has 0 aliphatic carbocycles. The molecule has 0 aliphatic heterocycles. The minimum Gasteiger partial charge on any atom is -0.292 e. The third-order valence-electron chi connectivity index (χ3n) is 3.29. The summed E-state index contributed by atoms with van der Waals surface area (Å²) in [5.41, 5.74) is 2.76. The highest BCUT2D eigenvalue weighted by atomic mass is 16.1. The van der Waals surface area contributed by atoms with Gasteiger partial charge in [-0.1, -0.05) is 42.5 Å². The summed E-state index contributed by atoms with van der Waals surface area (Å²) in [7, 11) is 0. The van der Waals surface area contributed by atoms with E-state index in [1.807, 2.05) is 55.5 Å². The fourth-order valence-electron chi connectivity index (χ4n) is 2.26. The van der Waals surface area contributed by atoms with Crippen molar-refractivity contribution >= 4 is 16.7 Å². The van der Waals surface area contributed by atoms with Crippen molar-refractivity contribution in [3.63, 3.8) is 0 Å². The molecule has 94 valence electrons. The quantitative estimate of drug-likeness (QED) is 0.669. The summed E-state index contributed by atoms with van der Waals surface area (Å²) in [4.78, 5) is 12.3. The van der Waals surface area contributed by atoms with Crippen LogP contribution in [0.3, 0.4) is 0 Å². The summed E-state index contributed by atoms with van der Waals surface area (Å²) in [6.45, 7) is 2.23. The molecule has 3 aromatic rings. The number of carbonyl (C=O) groups excluding carboxylic acids is 1. The maximum atomic E-state index is 12.3. The Morgan fingerprint density at radius 3 is 2.68 bits per heavy atom. The van der Waals surface area contributed by atoms with Gasteiger partial charge < -0.3 is 0 Å². The molecule has 0 atom stereocenters. The van der Waals surface area contributed by atoms with E-state index in [2.05, 4.69) is 5.10 Å². The molecular weight excluding hydrogens is 236 g/mol. The van der Waals surface area contributed by atoms with Crippen LogP contribution in [0.5, 0.6) is 0 Å². The SMILES string of the molecule is Cc1ccccc1C(=O)Cn1ncc2ccccc21. The van der Waals surface area contributed by atoms with E-state index in [0.717, 1.165) is 22.0 Å². The first kappa shape index (κ1) is 11.7. The Morgan fingerprint density at radius 1 is 1.11 bits per heavy atom. The molecule has 0 saturated carbocycles. The van der Waals surface area contributed by atoms with Crippen LogP contribution in [-0.4, -0.2) is 15.6 Å². The predicted molar refractivity (Wildman–Crippen MR) is 75.2 cm³/mol. The van der Waals surface area contributed by atoms with Crippen LogP contribution in [0.2, 0.25) is 0 Å². The van der Waals surface area contributed by atoms with Gasteiger partial charge in [-0.05, 0) is 18.6 Å². The van der Waals surface area contributed by atoms with Crippen LogP contribution in [0.25, 0.3) is 10.9 Å². The smallest absolute Gasteiger partial charge is 0.184 e. The van der Waals surface area contributed by atoms with E-state index in [9.17, 15) is 4.79 Å². The number of nitrogens with zero attached hydrogens (tertiary/aromatic N) is 2. The predicted octanol–water partition coefficient (Wildman–Crippen LogP) is 3.23. The highest BCUT2D eigenvalue weighted by molar-refractivity contribution is 5.97. The van der Waals surface area contributed by atoms with Crippen molar-refractivity contribution in [2.75, 3.05) is 0 Å². The summed E-state index contributed by atoms with van der Waals surface area (Å²) in [6.07, 6.45) is 1.79. The normalized spacial score (nSPS) is 10.8. The number of carbonyl (C=O) groups is 1. The molecule has 3 nitrogen and oxygen atoms in total. The van der Waals surface area contributed by atoms with E-state index in [4.69, 9.17) is 0 Å². The summed E-state index contributed by atoms with van der Waals surface area (Å²) in [5, 5.41) is 5.34. The molecule has 0 unspecified atom stereocenters. The van der Waals surface area contributed by atoms with Gasteiger partial charge in [0.1, 0.15) is 6.54 Å². The molecular formula is C16H14N2O. The van der Waals surface area contributed by atoms with Crippen molar-refractivity contribution in [3.8, 4) is 0 Å². The number of benzene rings is 2. The van der Waals surface area contributed by atoms with Crippen molar-refractivity contribution in [3.05, 3.63) is 65.9 Å². The van der Waals surface area contributed by atoms with Gasteiger partial charge in [-0.15, -0.1) is 0 Å². The van der Waals surface area contributed by atoms with Gasteiger partial charge in [0.15, 0.2) is 5.78 Å². The largest absolute Gasteiger partial charge is 0.292 e. The summed E-state index contributed by atoms with van der Waals surface area (Å²) in [6, 6.07) is 15.6. The van der Waals surface area contributed by atoms with Crippen LogP contribution < -0.4 is 0 Å². The van der Waals surface area contributed by atoms with E-state index in [0.29, 0.717) is 0 Å². The lowest BCUT2D eigenvalue weighted by Crippen LogP contribution is -2.12. The first-order chi connectivity index (χ1) is 9.25. The molecule has 19 heavy (non-hydrogen) atoms. The summed E-state index contributed by atoms with van der Waals surface area (Å²) >= 11 is 0. The molecule has 0 bridgehead atoms. The van der Waals surface area contributed by atoms with Crippen molar-refractivity contribution in [1.29, 1.82) is 0 Å².